The minimum absolute atomic E-state index is 0.931. The number of aliphatic carboxylic acids is 4. The molecular formula is C28H26N4O8. The topological polar surface area (TPSA) is 201 Å². The molecule has 4 aromatic heterocycles. The third kappa shape index (κ3) is 10.8. The Labute approximate surface area is 228 Å². The first kappa shape index (κ1) is 30.7. The maximum absolute atomic E-state index is 10.6. The number of carbonyl (C=O) groups is 4. The van der Waals surface area contributed by atoms with Crippen LogP contribution in [-0.2, 0) is 19.2 Å². The van der Waals surface area contributed by atoms with Gasteiger partial charge in [0, 0.05) is 49.6 Å². The molecule has 0 spiro atoms. The molecule has 0 fully saturated rings. The maximum atomic E-state index is 10.6. The molecule has 12 nitrogen and oxygen atoms in total. The molecule has 0 amide bonds. The van der Waals surface area contributed by atoms with Gasteiger partial charge in [-0.15, -0.1) is 0 Å². The van der Waals surface area contributed by atoms with Crippen molar-refractivity contribution in [1.29, 1.82) is 0 Å². The lowest BCUT2D eigenvalue weighted by molar-refractivity contribution is -0.160. The summed E-state index contributed by atoms with van der Waals surface area (Å²) < 4.78 is 0. The summed E-state index contributed by atoms with van der Waals surface area (Å²) in [5.41, 5.74) is 4.69. The van der Waals surface area contributed by atoms with E-state index in [1.165, 1.54) is 22.3 Å². The lowest BCUT2D eigenvalue weighted by Gasteiger charge is -2.16. The number of carboxylic acids is 4. The number of hydrogen-bond donors (Lipinski definition) is 4. The molecule has 0 aliphatic heterocycles. The Kier molecular flexibility index (Phi) is 12.5. The van der Waals surface area contributed by atoms with Gasteiger partial charge in [-0.05, 0) is 70.8 Å². The van der Waals surface area contributed by atoms with Crippen molar-refractivity contribution in [1.82, 2.24) is 19.9 Å². The van der Waals surface area contributed by atoms with Gasteiger partial charge in [0.05, 0.1) is 24.7 Å². The van der Waals surface area contributed by atoms with Crippen LogP contribution in [0.25, 0.3) is 22.3 Å². The Bertz CT molecular complexity index is 1180. The second kappa shape index (κ2) is 16.3. The molecule has 0 bridgehead atoms. The maximum Gasteiger partial charge on any atom is 0.307 e. The van der Waals surface area contributed by atoms with Gasteiger partial charge in [-0.1, -0.05) is 0 Å². The monoisotopic (exact) mass is 546 g/mol. The van der Waals surface area contributed by atoms with Crippen LogP contribution in [0.1, 0.15) is 12.8 Å². The van der Waals surface area contributed by atoms with E-state index in [0.717, 1.165) is 0 Å². The minimum Gasteiger partial charge on any atom is -0.481 e. The quantitative estimate of drug-likeness (QED) is 0.238. The van der Waals surface area contributed by atoms with E-state index in [4.69, 9.17) is 20.4 Å². The molecule has 0 saturated carbocycles. The first-order valence-corrected chi connectivity index (χ1v) is 11.7. The zero-order valence-corrected chi connectivity index (χ0v) is 21.0. The van der Waals surface area contributed by atoms with Crippen molar-refractivity contribution in [2.75, 3.05) is 0 Å². The van der Waals surface area contributed by atoms with Gasteiger partial charge in [-0.2, -0.15) is 0 Å². The molecule has 4 heterocycles. The fourth-order valence-corrected chi connectivity index (χ4v) is 3.36. The molecule has 40 heavy (non-hydrogen) atoms. The lowest BCUT2D eigenvalue weighted by atomic mass is 9.87. The van der Waals surface area contributed by atoms with Crippen LogP contribution >= 0.6 is 0 Å². The minimum atomic E-state index is -1.76. The van der Waals surface area contributed by atoms with E-state index in [-0.39, 0.29) is 0 Å². The molecule has 0 saturated heterocycles. The molecule has 4 N–H and O–H groups in total. The lowest BCUT2D eigenvalue weighted by Crippen LogP contribution is -2.33. The van der Waals surface area contributed by atoms with Gasteiger partial charge in [-0.3, -0.25) is 39.1 Å². The number of nitrogens with zero attached hydrogens (tertiary/aromatic N) is 4. The predicted molar refractivity (Wildman–Crippen MR) is 142 cm³/mol. The Morgan fingerprint density at radius 1 is 0.450 bits per heavy atom. The van der Waals surface area contributed by atoms with Crippen LogP contribution in [0.3, 0.4) is 0 Å². The number of carboxylic acid groups (broad SMARTS) is 4. The largest absolute Gasteiger partial charge is 0.481 e. The van der Waals surface area contributed by atoms with Crippen LogP contribution in [-0.4, -0.2) is 64.2 Å². The van der Waals surface area contributed by atoms with Gasteiger partial charge in [0.2, 0.25) is 0 Å². The second-order valence-corrected chi connectivity index (χ2v) is 8.03. The van der Waals surface area contributed by atoms with Gasteiger partial charge >= 0.3 is 23.9 Å². The Balaban J connectivity index is 0.000000212. The summed E-state index contributed by atoms with van der Waals surface area (Å²) >= 11 is 0. The molecule has 4 rings (SSSR count). The van der Waals surface area contributed by atoms with Crippen LogP contribution < -0.4 is 0 Å². The molecule has 0 aliphatic carbocycles. The number of pyridine rings is 4. The SMILES string of the molecule is O=C(O)C[C@H](C(=O)O)[C@@H](CC(=O)O)C(=O)O.c1cc(-c2ccncc2)ccn1.c1cc(-c2ccncc2)ccn1. The number of rotatable bonds is 9. The zero-order chi connectivity index (χ0) is 29.3. The summed E-state index contributed by atoms with van der Waals surface area (Å²) in [6.07, 6.45) is 12.4. The van der Waals surface area contributed by atoms with Crippen LogP contribution in [0.5, 0.6) is 0 Å². The van der Waals surface area contributed by atoms with Crippen molar-refractivity contribution >= 4 is 23.9 Å². The molecule has 0 aromatic carbocycles. The van der Waals surface area contributed by atoms with Gasteiger partial charge < -0.3 is 20.4 Å². The molecule has 0 aliphatic rings. The third-order valence-electron chi connectivity index (χ3n) is 5.30. The van der Waals surface area contributed by atoms with Crippen molar-refractivity contribution in [3.63, 3.8) is 0 Å². The standard InChI is InChI=1S/2C10H8N2.C8H10O8/c2*1-5-11-6-2-9(1)10-3-7-12-8-4-10;9-5(10)1-3(7(13)14)4(8(15)16)2-6(11)12/h2*1-8H;3-4H,1-2H2,(H,9,10)(H,11,12)(H,13,14)(H,15,16)/t;;3-,4+. The van der Waals surface area contributed by atoms with Gasteiger partial charge in [0.1, 0.15) is 0 Å². The normalized spacial score (nSPS) is 11.3. The van der Waals surface area contributed by atoms with E-state index in [1.54, 1.807) is 49.6 Å². The summed E-state index contributed by atoms with van der Waals surface area (Å²) in [5, 5.41) is 34.1. The van der Waals surface area contributed by atoms with Crippen molar-refractivity contribution in [2.45, 2.75) is 12.8 Å². The van der Waals surface area contributed by atoms with E-state index >= 15 is 0 Å². The van der Waals surface area contributed by atoms with Crippen molar-refractivity contribution in [3.05, 3.63) is 98.1 Å². The molecule has 2 atom stereocenters. The fraction of sp³-hybridized carbons (Fsp3) is 0.143. The van der Waals surface area contributed by atoms with E-state index in [9.17, 15) is 19.2 Å². The molecule has 206 valence electrons. The summed E-state index contributed by atoms with van der Waals surface area (Å²) in [7, 11) is 0. The summed E-state index contributed by atoms with van der Waals surface area (Å²) in [6, 6.07) is 15.9. The van der Waals surface area contributed by atoms with E-state index < -0.39 is 48.6 Å². The third-order valence-corrected chi connectivity index (χ3v) is 5.30. The molecular weight excluding hydrogens is 520 g/mol. The Morgan fingerprint density at radius 3 is 0.800 bits per heavy atom. The van der Waals surface area contributed by atoms with Gasteiger partial charge in [0.25, 0.3) is 0 Å². The first-order chi connectivity index (χ1) is 19.2. The molecule has 12 heteroatoms. The fourth-order valence-electron chi connectivity index (χ4n) is 3.36. The second-order valence-electron chi connectivity index (χ2n) is 8.03. The molecule has 0 unspecified atom stereocenters. The average molecular weight is 547 g/mol. The first-order valence-electron chi connectivity index (χ1n) is 11.7. The van der Waals surface area contributed by atoms with Crippen LogP contribution in [0.15, 0.2) is 98.1 Å². The van der Waals surface area contributed by atoms with Crippen molar-refractivity contribution < 1.29 is 39.6 Å². The summed E-state index contributed by atoms with van der Waals surface area (Å²) in [6.45, 7) is 0. The predicted octanol–water partition coefficient (Wildman–Crippen LogP) is 3.62. The van der Waals surface area contributed by atoms with Crippen LogP contribution in [0, 0.1) is 11.8 Å². The highest BCUT2D eigenvalue weighted by molar-refractivity contribution is 5.86. The zero-order valence-electron chi connectivity index (χ0n) is 21.0. The van der Waals surface area contributed by atoms with Crippen molar-refractivity contribution in [2.24, 2.45) is 11.8 Å². The smallest absolute Gasteiger partial charge is 0.307 e. The van der Waals surface area contributed by atoms with E-state index in [1.807, 2.05) is 48.5 Å². The Morgan fingerprint density at radius 2 is 0.650 bits per heavy atom. The highest BCUT2D eigenvalue weighted by Gasteiger charge is 2.36. The van der Waals surface area contributed by atoms with E-state index in [2.05, 4.69) is 19.9 Å². The van der Waals surface area contributed by atoms with Crippen LogP contribution in [0.4, 0.5) is 0 Å². The number of aromatic nitrogens is 4. The molecule has 0 radical (unpaired) electrons. The highest BCUT2D eigenvalue weighted by atomic mass is 16.4. The van der Waals surface area contributed by atoms with Gasteiger partial charge in [0.15, 0.2) is 0 Å². The number of hydrogen-bond acceptors (Lipinski definition) is 8. The van der Waals surface area contributed by atoms with Crippen molar-refractivity contribution in [3.8, 4) is 22.3 Å². The molecule has 4 aromatic rings. The van der Waals surface area contributed by atoms with Crippen LogP contribution in [0.2, 0.25) is 0 Å². The highest BCUT2D eigenvalue weighted by Crippen LogP contribution is 2.21. The van der Waals surface area contributed by atoms with E-state index in [0.29, 0.717) is 0 Å². The summed E-state index contributed by atoms with van der Waals surface area (Å²) in [5.74, 6) is -9.79. The summed E-state index contributed by atoms with van der Waals surface area (Å²) in [4.78, 5) is 57.8. The van der Waals surface area contributed by atoms with Gasteiger partial charge in [-0.25, -0.2) is 0 Å². The Hall–Kier alpha value is -5.52. The average Bonchev–Trinajstić information content (AvgIpc) is 2.97.